The SMILES string of the molecule is CC1N(c2cc(C(=C/N)/C=N/C(F)(F)F)c[nH]c2=O)CCOC12COC2. The van der Waals surface area contributed by atoms with Gasteiger partial charge in [-0.05, 0) is 13.0 Å². The van der Waals surface area contributed by atoms with E-state index in [9.17, 15) is 18.0 Å². The Kier molecular flexibility index (Phi) is 4.80. The number of nitrogens with zero attached hydrogens (tertiary/aromatic N) is 2. The molecule has 1 aromatic rings. The largest absolute Gasteiger partial charge is 0.503 e. The van der Waals surface area contributed by atoms with E-state index in [2.05, 4.69) is 9.98 Å². The van der Waals surface area contributed by atoms with Gasteiger partial charge in [-0.2, -0.15) is 4.99 Å². The number of nitrogens with one attached hydrogen (secondary N) is 1. The molecule has 26 heavy (non-hydrogen) atoms. The molecule has 1 aromatic heterocycles. The molecule has 0 amide bonds. The van der Waals surface area contributed by atoms with Crippen molar-refractivity contribution in [2.24, 2.45) is 10.7 Å². The molecule has 3 N–H and O–H groups in total. The van der Waals surface area contributed by atoms with Crippen molar-refractivity contribution in [3.05, 3.63) is 34.4 Å². The third-order valence-electron chi connectivity index (χ3n) is 4.70. The summed E-state index contributed by atoms with van der Waals surface area (Å²) >= 11 is 0. The maximum atomic E-state index is 12.3. The molecule has 3 rings (SSSR count). The van der Waals surface area contributed by atoms with E-state index in [0.717, 1.165) is 6.20 Å². The van der Waals surface area contributed by atoms with Gasteiger partial charge in [-0.3, -0.25) is 4.79 Å². The van der Waals surface area contributed by atoms with E-state index in [4.69, 9.17) is 15.2 Å². The van der Waals surface area contributed by atoms with Gasteiger partial charge in [0.2, 0.25) is 0 Å². The van der Waals surface area contributed by atoms with E-state index in [-0.39, 0.29) is 17.2 Å². The lowest BCUT2D eigenvalue weighted by molar-refractivity contribution is -0.228. The van der Waals surface area contributed by atoms with Crippen molar-refractivity contribution in [2.75, 3.05) is 31.3 Å². The smallest absolute Gasteiger partial charge is 0.404 e. The zero-order valence-electron chi connectivity index (χ0n) is 14.0. The molecule has 10 heteroatoms. The molecule has 0 radical (unpaired) electrons. The number of morpholine rings is 1. The van der Waals surface area contributed by atoms with Crippen molar-refractivity contribution < 1.29 is 22.6 Å². The minimum absolute atomic E-state index is 0.0439. The van der Waals surface area contributed by atoms with Gasteiger partial charge in [0, 0.05) is 36.3 Å². The first-order chi connectivity index (χ1) is 12.3. The van der Waals surface area contributed by atoms with E-state index in [1.807, 2.05) is 11.8 Å². The molecular weight excluding hydrogens is 353 g/mol. The normalized spacial score (nSPS) is 23.5. The molecule has 2 saturated heterocycles. The summed E-state index contributed by atoms with van der Waals surface area (Å²) in [6, 6.07) is 1.38. The van der Waals surface area contributed by atoms with Gasteiger partial charge in [-0.25, -0.2) is 0 Å². The molecule has 1 unspecified atom stereocenters. The maximum absolute atomic E-state index is 12.3. The number of ether oxygens (including phenoxy) is 2. The zero-order chi connectivity index (χ0) is 18.9. The van der Waals surface area contributed by atoms with Crippen molar-refractivity contribution >= 4 is 17.5 Å². The lowest BCUT2D eigenvalue weighted by Crippen LogP contribution is -2.68. The third-order valence-corrected chi connectivity index (χ3v) is 4.70. The molecule has 7 nitrogen and oxygen atoms in total. The summed E-state index contributed by atoms with van der Waals surface area (Å²) in [6.45, 7) is 3.71. The average molecular weight is 372 g/mol. The number of rotatable bonds is 3. The first kappa shape index (κ1) is 18.5. The van der Waals surface area contributed by atoms with Crippen LogP contribution in [-0.4, -0.2) is 55.5 Å². The zero-order valence-corrected chi connectivity index (χ0v) is 14.0. The summed E-state index contributed by atoms with van der Waals surface area (Å²) in [7, 11) is 0. The first-order valence-electron chi connectivity index (χ1n) is 8.01. The summed E-state index contributed by atoms with van der Waals surface area (Å²) in [5.41, 5.74) is 5.33. The number of hydrogen-bond acceptors (Lipinski definition) is 6. The summed E-state index contributed by atoms with van der Waals surface area (Å²) in [6.07, 6.45) is -1.76. The van der Waals surface area contributed by atoms with Crippen LogP contribution in [0.2, 0.25) is 0 Å². The van der Waals surface area contributed by atoms with Gasteiger partial charge in [0.05, 0.1) is 25.9 Å². The van der Waals surface area contributed by atoms with Crippen LogP contribution in [-0.2, 0) is 9.47 Å². The third kappa shape index (κ3) is 3.47. The highest BCUT2D eigenvalue weighted by Gasteiger charge is 2.50. The number of aromatic amines is 1. The van der Waals surface area contributed by atoms with E-state index >= 15 is 0 Å². The number of halogens is 3. The summed E-state index contributed by atoms with van der Waals surface area (Å²) in [5.74, 6) is 0. The van der Waals surface area contributed by atoms with Crippen LogP contribution in [0.15, 0.2) is 28.3 Å². The predicted molar refractivity (Wildman–Crippen MR) is 90.1 cm³/mol. The molecule has 2 aliphatic heterocycles. The fourth-order valence-electron chi connectivity index (χ4n) is 3.11. The Hall–Kier alpha value is -2.33. The Morgan fingerprint density at radius 2 is 2.23 bits per heavy atom. The second-order valence-corrected chi connectivity index (χ2v) is 6.23. The van der Waals surface area contributed by atoms with Crippen molar-refractivity contribution in [3.63, 3.8) is 0 Å². The Bertz CT molecular complexity index is 784. The second-order valence-electron chi connectivity index (χ2n) is 6.23. The van der Waals surface area contributed by atoms with E-state index in [1.54, 1.807) is 0 Å². The lowest BCUT2D eigenvalue weighted by Gasteiger charge is -2.53. The molecule has 0 bridgehead atoms. The molecule has 0 aliphatic carbocycles. The topological polar surface area (TPSA) is 92.9 Å². The summed E-state index contributed by atoms with van der Waals surface area (Å²) in [4.78, 5) is 19.3. The van der Waals surface area contributed by atoms with E-state index < -0.39 is 11.9 Å². The number of hydrogen-bond donors (Lipinski definition) is 2. The molecule has 3 heterocycles. The van der Waals surface area contributed by atoms with Gasteiger partial charge < -0.3 is 25.1 Å². The van der Waals surface area contributed by atoms with Crippen molar-refractivity contribution in [3.8, 4) is 0 Å². The van der Waals surface area contributed by atoms with Gasteiger partial charge in [-0.1, -0.05) is 0 Å². The number of aliphatic imine (C=N–C) groups is 1. The second kappa shape index (κ2) is 6.76. The molecular formula is C16H19F3N4O3. The Morgan fingerprint density at radius 3 is 2.81 bits per heavy atom. The summed E-state index contributed by atoms with van der Waals surface area (Å²) in [5, 5.41) is 0. The predicted octanol–water partition coefficient (Wildman–Crippen LogP) is 1.26. The van der Waals surface area contributed by atoms with Crippen molar-refractivity contribution in [1.82, 2.24) is 4.98 Å². The van der Waals surface area contributed by atoms with Crippen LogP contribution < -0.4 is 16.2 Å². The molecule has 2 aliphatic rings. The highest BCUT2D eigenvalue weighted by Crippen LogP contribution is 2.34. The summed E-state index contributed by atoms with van der Waals surface area (Å²) < 4.78 is 48.1. The number of aromatic nitrogens is 1. The van der Waals surface area contributed by atoms with Gasteiger partial charge in [0.15, 0.2) is 0 Å². The monoisotopic (exact) mass is 372 g/mol. The van der Waals surface area contributed by atoms with Gasteiger partial charge >= 0.3 is 6.30 Å². The standard InChI is InChI=1S/C16H19F3N4O3/c1-10-15(8-25-9-15)26-3-2-23(10)13-4-11(6-21-14(13)24)12(5-20)7-22-16(17,18)19/h4-7,10H,2-3,8-9,20H2,1H3,(H,21,24)/b12-5+,22-7+. The maximum Gasteiger partial charge on any atom is 0.503 e. The molecule has 0 aromatic carbocycles. The van der Waals surface area contributed by atoms with Crippen LogP contribution in [0.25, 0.3) is 5.57 Å². The van der Waals surface area contributed by atoms with E-state index in [0.29, 0.717) is 43.8 Å². The van der Waals surface area contributed by atoms with Crippen molar-refractivity contribution in [2.45, 2.75) is 24.9 Å². The highest BCUT2D eigenvalue weighted by molar-refractivity contribution is 6.09. The highest BCUT2D eigenvalue weighted by atomic mass is 19.4. The Labute approximate surface area is 147 Å². The minimum Gasteiger partial charge on any atom is -0.404 e. The molecule has 1 spiro atoms. The van der Waals surface area contributed by atoms with Crippen LogP contribution in [0.1, 0.15) is 12.5 Å². The lowest BCUT2D eigenvalue weighted by atomic mass is 9.90. The Balaban J connectivity index is 1.93. The van der Waals surface area contributed by atoms with Crippen LogP contribution in [0, 0.1) is 0 Å². The van der Waals surface area contributed by atoms with Crippen LogP contribution in [0.3, 0.4) is 0 Å². The molecule has 0 saturated carbocycles. The first-order valence-corrected chi connectivity index (χ1v) is 8.01. The van der Waals surface area contributed by atoms with Crippen LogP contribution in [0.4, 0.5) is 18.9 Å². The van der Waals surface area contributed by atoms with Gasteiger partial charge in [-0.15, -0.1) is 13.2 Å². The fourth-order valence-corrected chi connectivity index (χ4v) is 3.11. The van der Waals surface area contributed by atoms with Crippen LogP contribution in [0.5, 0.6) is 0 Å². The number of nitrogens with two attached hydrogens (primary N) is 1. The average Bonchev–Trinajstić information content (AvgIpc) is 2.55. The molecule has 1 atom stereocenters. The number of anilines is 1. The molecule has 142 valence electrons. The number of allylic oxidation sites excluding steroid dienone is 1. The minimum atomic E-state index is -4.70. The van der Waals surface area contributed by atoms with Gasteiger partial charge in [0.1, 0.15) is 11.3 Å². The Morgan fingerprint density at radius 1 is 1.50 bits per heavy atom. The molecule has 2 fully saturated rings. The van der Waals surface area contributed by atoms with Crippen molar-refractivity contribution in [1.29, 1.82) is 0 Å². The number of alkyl halides is 3. The fraction of sp³-hybridized carbons (Fsp3) is 0.500. The van der Waals surface area contributed by atoms with Gasteiger partial charge in [0.25, 0.3) is 5.56 Å². The quantitative estimate of drug-likeness (QED) is 0.616. The number of H-pyrrole nitrogens is 1. The van der Waals surface area contributed by atoms with E-state index in [1.165, 1.54) is 12.3 Å². The number of pyridine rings is 1. The van der Waals surface area contributed by atoms with Crippen LogP contribution >= 0.6 is 0 Å².